The Balaban J connectivity index is 0.00000280. The van der Waals surface area contributed by atoms with Crippen LogP contribution in [0.1, 0.15) is 51.4 Å². The molecule has 2 N–H and O–H groups in total. The lowest BCUT2D eigenvalue weighted by molar-refractivity contribution is 0.160. The van der Waals surface area contributed by atoms with Crippen molar-refractivity contribution in [1.82, 2.24) is 20.5 Å². The van der Waals surface area contributed by atoms with Gasteiger partial charge in [-0.3, -0.25) is 4.99 Å². The number of hydrogen-bond acceptors (Lipinski definition) is 5. The van der Waals surface area contributed by atoms with Gasteiger partial charge in [0.25, 0.3) is 0 Å². The van der Waals surface area contributed by atoms with E-state index in [9.17, 15) is 0 Å². The van der Waals surface area contributed by atoms with E-state index in [4.69, 9.17) is 0 Å². The quantitative estimate of drug-likeness (QED) is 0.169. The van der Waals surface area contributed by atoms with E-state index >= 15 is 0 Å². The molecule has 0 atom stereocenters. The first-order valence-corrected chi connectivity index (χ1v) is 12.4. The van der Waals surface area contributed by atoms with Gasteiger partial charge < -0.3 is 15.5 Å². The number of nitrogens with zero attached hydrogens (tertiary/aromatic N) is 3. The summed E-state index contributed by atoms with van der Waals surface area (Å²) in [5.74, 6) is 3.01. The molecule has 0 aromatic carbocycles. The highest BCUT2D eigenvalue weighted by Crippen LogP contribution is 2.25. The highest BCUT2D eigenvalue weighted by Gasteiger charge is 2.23. The van der Waals surface area contributed by atoms with Crippen LogP contribution in [0.25, 0.3) is 0 Å². The first-order valence-electron chi connectivity index (χ1n) is 10.6. The van der Waals surface area contributed by atoms with E-state index in [0.29, 0.717) is 6.04 Å². The van der Waals surface area contributed by atoms with E-state index in [2.05, 4.69) is 25.5 Å². The molecule has 1 aromatic rings. The van der Waals surface area contributed by atoms with Gasteiger partial charge in [-0.25, -0.2) is 4.98 Å². The molecule has 8 heteroatoms. The summed E-state index contributed by atoms with van der Waals surface area (Å²) in [7, 11) is 1.87. The predicted octanol–water partition coefficient (Wildman–Crippen LogP) is 4.45. The molecule has 2 aliphatic rings. The second-order valence-electron chi connectivity index (χ2n) is 7.72. The van der Waals surface area contributed by atoms with Gasteiger partial charge in [0.2, 0.25) is 0 Å². The average molecular weight is 538 g/mol. The Bertz CT molecular complexity index is 541. The number of hydrogen-bond donors (Lipinski definition) is 2. The van der Waals surface area contributed by atoms with Crippen molar-refractivity contribution in [2.75, 3.05) is 39.0 Å². The summed E-state index contributed by atoms with van der Waals surface area (Å²) in [6.45, 7) is 4.75. The number of aliphatic imine (C=N–C) groups is 1. The Morgan fingerprint density at radius 1 is 1.25 bits per heavy atom. The van der Waals surface area contributed by atoms with Crippen LogP contribution in [0.2, 0.25) is 0 Å². The van der Waals surface area contributed by atoms with Crippen LogP contribution in [0.3, 0.4) is 0 Å². The fourth-order valence-electron chi connectivity index (χ4n) is 4.10. The smallest absolute Gasteiger partial charge is 0.191 e. The number of piperidine rings is 1. The van der Waals surface area contributed by atoms with Crippen molar-refractivity contribution in [2.45, 2.75) is 61.7 Å². The van der Waals surface area contributed by atoms with Crippen molar-refractivity contribution < 1.29 is 0 Å². The van der Waals surface area contributed by atoms with Gasteiger partial charge in [-0.2, -0.15) is 0 Å². The van der Waals surface area contributed by atoms with Gasteiger partial charge in [0.05, 0.1) is 0 Å². The predicted molar refractivity (Wildman–Crippen MR) is 133 cm³/mol. The third-order valence-electron chi connectivity index (χ3n) is 5.64. The lowest BCUT2D eigenvalue weighted by atomic mass is 9.88. The van der Waals surface area contributed by atoms with Crippen molar-refractivity contribution in [2.24, 2.45) is 10.9 Å². The van der Waals surface area contributed by atoms with Crippen molar-refractivity contribution in [1.29, 1.82) is 0 Å². The molecular weight excluding hydrogens is 501 g/mol. The maximum absolute atomic E-state index is 4.41. The van der Waals surface area contributed by atoms with Crippen molar-refractivity contribution in [3.63, 3.8) is 0 Å². The fourth-order valence-corrected chi connectivity index (χ4v) is 5.75. The minimum absolute atomic E-state index is 0. The molecule has 1 aliphatic carbocycles. The van der Waals surface area contributed by atoms with Gasteiger partial charge in [-0.15, -0.1) is 35.3 Å². The number of guanidine groups is 1. The second-order valence-corrected chi connectivity index (χ2v) is 9.96. The zero-order valence-electron chi connectivity index (χ0n) is 17.1. The minimum atomic E-state index is 0. The maximum atomic E-state index is 4.41. The number of nitrogens with one attached hydrogen (secondary N) is 2. The second kappa shape index (κ2) is 14.0. The number of likely N-dealkylation sites (tertiary alicyclic amines) is 1. The van der Waals surface area contributed by atoms with Crippen LogP contribution >= 0.6 is 47.1 Å². The molecule has 2 heterocycles. The van der Waals surface area contributed by atoms with E-state index in [0.717, 1.165) is 34.9 Å². The Hall–Kier alpha value is -0.0600. The summed E-state index contributed by atoms with van der Waals surface area (Å²) in [5.41, 5.74) is 0. The SMILES string of the molecule is CN=C(NCCCSc1nccs1)NC1CCN(CC2CCCCC2)CC1.I. The molecule has 0 bridgehead atoms. The molecule has 3 rings (SSSR count). The maximum Gasteiger partial charge on any atom is 0.191 e. The number of thiazole rings is 1. The Morgan fingerprint density at radius 2 is 2.04 bits per heavy atom. The normalized spacial score (nSPS) is 20.0. The van der Waals surface area contributed by atoms with Gasteiger partial charge in [0.15, 0.2) is 5.96 Å². The van der Waals surface area contributed by atoms with Crippen LogP contribution in [0.5, 0.6) is 0 Å². The Kier molecular flexibility index (Phi) is 12.1. The monoisotopic (exact) mass is 537 g/mol. The standard InChI is InChI=1S/C20H35N5S2.HI/c1-21-19(22-10-5-14-26-20-23-11-15-27-20)24-18-8-12-25(13-9-18)16-17-6-3-2-4-7-17;/h11,15,17-18H,2-10,12-14,16H2,1H3,(H2,21,22,24);1H. The fraction of sp³-hybridized carbons (Fsp3) is 0.800. The van der Waals surface area contributed by atoms with Crippen LogP contribution in [0, 0.1) is 5.92 Å². The summed E-state index contributed by atoms with van der Waals surface area (Å²) in [6.07, 6.45) is 12.7. The van der Waals surface area contributed by atoms with Crippen molar-refractivity contribution in [3.05, 3.63) is 11.6 Å². The third kappa shape index (κ3) is 8.75. The Morgan fingerprint density at radius 3 is 2.71 bits per heavy atom. The van der Waals surface area contributed by atoms with E-state index in [-0.39, 0.29) is 24.0 Å². The number of thioether (sulfide) groups is 1. The van der Waals surface area contributed by atoms with Gasteiger partial charge in [0.1, 0.15) is 4.34 Å². The van der Waals surface area contributed by atoms with E-state index in [1.807, 2.05) is 30.4 Å². The Labute approximate surface area is 196 Å². The van der Waals surface area contributed by atoms with Gasteiger partial charge in [-0.1, -0.05) is 31.0 Å². The summed E-state index contributed by atoms with van der Waals surface area (Å²) < 4.78 is 1.16. The lowest BCUT2D eigenvalue weighted by Crippen LogP contribution is -2.49. The topological polar surface area (TPSA) is 52.6 Å². The van der Waals surface area contributed by atoms with Gasteiger partial charge >= 0.3 is 0 Å². The largest absolute Gasteiger partial charge is 0.356 e. The molecule has 1 aliphatic heterocycles. The van der Waals surface area contributed by atoms with Crippen LogP contribution in [-0.4, -0.2) is 60.9 Å². The number of halogens is 1. The average Bonchev–Trinajstić information content (AvgIpc) is 3.22. The van der Waals surface area contributed by atoms with Gasteiger partial charge in [0, 0.05) is 56.6 Å². The van der Waals surface area contributed by atoms with E-state index in [1.165, 1.54) is 64.6 Å². The van der Waals surface area contributed by atoms with E-state index in [1.54, 1.807) is 11.3 Å². The first-order chi connectivity index (χ1) is 13.3. The molecular formula is C20H36IN5S2. The molecule has 160 valence electrons. The van der Waals surface area contributed by atoms with E-state index < -0.39 is 0 Å². The third-order valence-corrected chi connectivity index (χ3v) is 7.69. The van der Waals surface area contributed by atoms with Crippen LogP contribution < -0.4 is 10.6 Å². The summed E-state index contributed by atoms with van der Waals surface area (Å²) in [5, 5.41) is 9.13. The molecule has 0 amide bonds. The zero-order chi connectivity index (χ0) is 18.7. The first kappa shape index (κ1) is 24.2. The molecule has 0 unspecified atom stereocenters. The highest BCUT2D eigenvalue weighted by molar-refractivity contribution is 14.0. The molecule has 0 radical (unpaired) electrons. The molecule has 5 nitrogen and oxygen atoms in total. The minimum Gasteiger partial charge on any atom is -0.356 e. The molecule has 1 saturated carbocycles. The highest BCUT2D eigenvalue weighted by atomic mass is 127. The summed E-state index contributed by atoms with van der Waals surface area (Å²) in [6, 6.07) is 0.559. The molecule has 28 heavy (non-hydrogen) atoms. The molecule has 2 fully saturated rings. The zero-order valence-corrected chi connectivity index (χ0v) is 21.0. The summed E-state index contributed by atoms with van der Waals surface area (Å²) in [4.78, 5) is 11.4. The van der Waals surface area contributed by atoms with Crippen molar-refractivity contribution in [3.8, 4) is 0 Å². The van der Waals surface area contributed by atoms with Crippen LogP contribution in [0.4, 0.5) is 0 Å². The number of aromatic nitrogens is 1. The molecule has 1 aromatic heterocycles. The van der Waals surface area contributed by atoms with Gasteiger partial charge in [-0.05, 0) is 38.0 Å². The summed E-state index contributed by atoms with van der Waals surface area (Å²) >= 11 is 3.56. The van der Waals surface area contributed by atoms with Crippen LogP contribution in [0.15, 0.2) is 20.9 Å². The van der Waals surface area contributed by atoms with Crippen molar-refractivity contribution >= 4 is 53.0 Å². The van der Waals surface area contributed by atoms with Crippen LogP contribution in [-0.2, 0) is 0 Å². The molecule has 0 spiro atoms. The number of rotatable bonds is 8. The molecule has 1 saturated heterocycles. The lowest BCUT2D eigenvalue weighted by Gasteiger charge is -2.36.